The number of aliphatic imine (C=N–C) groups is 1. The molecule has 2 aromatic rings. The smallest absolute Gasteiger partial charge is 0.0995 e. The van der Waals surface area contributed by atoms with Gasteiger partial charge < -0.3 is 0 Å². The van der Waals surface area contributed by atoms with E-state index >= 15 is 0 Å². The van der Waals surface area contributed by atoms with Gasteiger partial charge in [-0.2, -0.15) is 0 Å². The fraction of sp³-hybridized carbons (Fsp3) is 0.353. The van der Waals surface area contributed by atoms with Crippen LogP contribution in [0.3, 0.4) is 0 Å². The summed E-state index contributed by atoms with van der Waals surface area (Å²) in [7, 11) is 0. The van der Waals surface area contributed by atoms with Crippen molar-refractivity contribution in [2.75, 3.05) is 0 Å². The average molecular weight is 326 g/mol. The molecular weight excluding hydrogens is 305 g/mol. The summed E-state index contributed by atoms with van der Waals surface area (Å²) in [4.78, 5) is 13.0. The molecule has 1 aromatic heterocycles. The van der Waals surface area contributed by atoms with E-state index in [-0.39, 0.29) is 16.5 Å². The van der Waals surface area contributed by atoms with Crippen LogP contribution < -0.4 is 0 Å². The van der Waals surface area contributed by atoms with Gasteiger partial charge >= 0.3 is 0 Å². The molecule has 2 rings (SSSR count). The summed E-state index contributed by atoms with van der Waals surface area (Å²) in [6.45, 7) is 8.78. The van der Waals surface area contributed by atoms with Crippen LogP contribution in [-0.4, -0.2) is 16.2 Å². The van der Waals surface area contributed by atoms with Crippen LogP contribution in [-0.2, 0) is 16.5 Å². The van der Waals surface area contributed by atoms with Gasteiger partial charge in [-0.1, -0.05) is 45.9 Å². The largest absolute Gasteiger partial charge is 0.261 e. The van der Waals surface area contributed by atoms with Crippen LogP contribution in [0.2, 0.25) is 0 Å². The van der Waals surface area contributed by atoms with Gasteiger partial charge in [0.2, 0.25) is 0 Å². The second-order valence-electron chi connectivity index (χ2n) is 5.48. The number of rotatable bonds is 4. The molecule has 0 amide bonds. The quantitative estimate of drug-likeness (QED) is 0.614. The predicted molar refractivity (Wildman–Crippen MR) is 83.9 cm³/mol. The van der Waals surface area contributed by atoms with Crippen LogP contribution in [0.15, 0.2) is 41.8 Å². The zero-order chi connectivity index (χ0) is 14.5. The molecule has 0 spiro atoms. The van der Waals surface area contributed by atoms with Crippen LogP contribution >= 0.6 is 0 Å². The Hall–Kier alpha value is -1.54. The summed E-state index contributed by atoms with van der Waals surface area (Å²) in [5.41, 5.74) is 4.40. The van der Waals surface area contributed by atoms with Crippen molar-refractivity contribution in [3.05, 3.63) is 53.6 Å². The van der Waals surface area contributed by atoms with Crippen LogP contribution in [0.5, 0.6) is 0 Å². The summed E-state index contributed by atoms with van der Waals surface area (Å²) >= 11 is 0. The number of para-hydroxylation sites is 1. The Morgan fingerprint density at radius 3 is 2.10 bits per heavy atom. The molecule has 0 aliphatic carbocycles. The summed E-state index contributed by atoms with van der Waals surface area (Å²) in [6.07, 6.45) is 6.86. The first-order chi connectivity index (χ1) is 9.59. The molecule has 0 saturated heterocycles. The molecule has 0 saturated carbocycles. The van der Waals surface area contributed by atoms with Crippen LogP contribution in [0.1, 0.15) is 56.4 Å². The number of benzene rings is 1. The third-order valence-electron chi connectivity index (χ3n) is 3.25. The van der Waals surface area contributed by atoms with Crippen LogP contribution in [0, 0.1) is 0 Å². The van der Waals surface area contributed by atoms with Crippen molar-refractivity contribution in [1.29, 1.82) is 0 Å². The van der Waals surface area contributed by atoms with Gasteiger partial charge in [0.25, 0.3) is 0 Å². The maximum absolute atomic E-state index is 4.69. The van der Waals surface area contributed by atoms with E-state index in [1.165, 1.54) is 11.1 Å². The Kier molecular flexibility index (Phi) is 6.71. The number of hydrogen-bond donors (Lipinski definition) is 0. The fourth-order valence-corrected chi connectivity index (χ4v) is 2.17. The van der Waals surface area contributed by atoms with Crippen molar-refractivity contribution in [2.24, 2.45) is 4.99 Å². The van der Waals surface area contributed by atoms with Gasteiger partial charge in [-0.05, 0) is 23.0 Å². The minimum atomic E-state index is 0. The SMILES string of the molecule is CC(C)c1cccc(C(C)C)c1N=Cc1cnccn1.[Ni]. The van der Waals surface area contributed by atoms with E-state index in [4.69, 9.17) is 4.99 Å². The second-order valence-corrected chi connectivity index (χ2v) is 5.48. The van der Waals surface area contributed by atoms with Crippen LogP contribution in [0.25, 0.3) is 0 Å². The van der Waals surface area contributed by atoms with Gasteiger partial charge in [0.15, 0.2) is 0 Å². The normalized spacial score (nSPS) is 11.1. The molecule has 1 aromatic carbocycles. The minimum absolute atomic E-state index is 0. The van der Waals surface area contributed by atoms with Crippen molar-refractivity contribution in [3.63, 3.8) is 0 Å². The van der Waals surface area contributed by atoms with E-state index in [1.807, 2.05) is 0 Å². The first kappa shape index (κ1) is 17.5. The third kappa shape index (κ3) is 4.47. The molecule has 21 heavy (non-hydrogen) atoms. The maximum atomic E-state index is 4.69. The van der Waals surface area contributed by atoms with E-state index < -0.39 is 0 Å². The molecule has 0 atom stereocenters. The van der Waals surface area contributed by atoms with Crippen molar-refractivity contribution >= 4 is 11.9 Å². The minimum Gasteiger partial charge on any atom is -0.261 e. The molecule has 0 aliphatic rings. The molecule has 4 heteroatoms. The maximum Gasteiger partial charge on any atom is 0.0995 e. The van der Waals surface area contributed by atoms with Crippen molar-refractivity contribution < 1.29 is 16.5 Å². The Balaban J connectivity index is 0.00000220. The zero-order valence-corrected chi connectivity index (χ0v) is 13.8. The first-order valence-electron chi connectivity index (χ1n) is 7.02. The van der Waals surface area contributed by atoms with Gasteiger partial charge in [-0.25, -0.2) is 0 Å². The summed E-state index contributed by atoms with van der Waals surface area (Å²) < 4.78 is 0. The van der Waals surface area contributed by atoms with E-state index in [9.17, 15) is 0 Å². The molecule has 0 bridgehead atoms. The Labute approximate surface area is 136 Å². The third-order valence-corrected chi connectivity index (χ3v) is 3.25. The summed E-state index contributed by atoms with van der Waals surface area (Å²) in [5, 5.41) is 0. The van der Waals surface area contributed by atoms with E-state index in [0.29, 0.717) is 11.8 Å². The van der Waals surface area contributed by atoms with Gasteiger partial charge in [0, 0.05) is 28.9 Å². The topological polar surface area (TPSA) is 38.1 Å². The molecule has 114 valence electrons. The molecule has 1 heterocycles. The van der Waals surface area contributed by atoms with Gasteiger partial charge in [-0.3, -0.25) is 15.0 Å². The average Bonchev–Trinajstić information content (AvgIpc) is 2.45. The Morgan fingerprint density at radius 2 is 1.62 bits per heavy atom. The Bertz CT molecular complexity index is 566. The molecule has 3 nitrogen and oxygen atoms in total. The number of nitrogens with zero attached hydrogens (tertiary/aromatic N) is 3. The molecule has 0 unspecified atom stereocenters. The van der Waals surface area contributed by atoms with E-state index in [2.05, 4.69) is 55.9 Å². The second kappa shape index (κ2) is 8.04. The van der Waals surface area contributed by atoms with Gasteiger partial charge in [-0.15, -0.1) is 0 Å². The number of hydrogen-bond acceptors (Lipinski definition) is 3. The van der Waals surface area contributed by atoms with E-state index in [1.54, 1.807) is 24.8 Å². The van der Waals surface area contributed by atoms with Gasteiger partial charge in [0.05, 0.1) is 23.8 Å². The standard InChI is InChI=1S/C17H21N3.Ni/c1-12(2)15-6-5-7-16(13(3)4)17(15)20-11-14-10-18-8-9-19-14;/h5-13H,1-4H3;. The Morgan fingerprint density at radius 1 is 1.00 bits per heavy atom. The van der Waals surface area contributed by atoms with Crippen molar-refractivity contribution in [3.8, 4) is 0 Å². The zero-order valence-electron chi connectivity index (χ0n) is 12.9. The first-order valence-corrected chi connectivity index (χ1v) is 7.02. The summed E-state index contributed by atoms with van der Waals surface area (Å²) in [6, 6.07) is 6.42. The van der Waals surface area contributed by atoms with Crippen molar-refractivity contribution in [1.82, 2.24) is 9.97 Å². The van der Waals surface area contributed by atoms with Crippen LogP contribution in [0.4, 0.5) is 5.69 Å². The fourth-order valence-electron chi connectivity index (χ4n) is 2.17. The molecule has 0 radical (unpaired) electrons. The van der Waals surface area contributed by atoms with E-state index in [0.717, 1.165) is 11.4 Å². The predicted octanol–water partition coefficient (Wildman–Crippen LogP) is 4.47. The van der Waals surface area contributed by atoms with Gasteiger partial charge in [0.1, 0.15) is 0 Å². The monoisotopic (exact) mass is 325 g/mol. The molecule has 0 fully saturated rings. The summed E-state index contributed by atoms with van der Waals surface area (Å²) in [5.74, 6) is 0.894. The molecule has 0 aliphatic heterocycles. The molecule has 0 N–H and O–H groups in total. The molecular formula is C17H21N3Ni. The van der Waals surface area contributed by atoms with Crippen molar-refractivity contribution in [2.45, 2.75) is 39.5 Å². The number of aromatic nitrogens is 2.